The van der Waals surface area contributed by atoms with Crippen LogP contribution in [0.25, 0.3) is 11.1 Å². The highest BCUT2D eigenvalue weighted by atomic mass is 32.2. The minimum absolute atomic E-state index is 0.0259. The van der Waals surface area contributed by atoms with Crippen molar-refractivity contribution in [3.8, 4) is 16.9 Å². The van der Waals surface area contributed by atoms with E-state index in [0.717, 1.165) is 28.6 Å². The summed E-state index contributed by atoms with van der Waals surface area (Å²) >= 11 is 0. The number of ether oxygens (including phenoxy) is 1. The molecule has 0 N–H and O–H groups in total. The standard InChI is InChI=1S/C22H14F7NO3S/c23-18-6-5-15(22(27,28)29)12-17(18)13-4-7-20-19(10-13)30(8-9-33-20)34(31,32)16-3-1-2-14(11-16)21(24,25)26/h1-7,10-12H,8-9H2. The average molecular weight is 505 g/mol. The summed E-state index contributed by atoms with van der Waals surface area (Å²) in [6.45, 7) is -0.400. The number of hydrogen-bond donors (Lipinski definition) is 0. The lowest BCUT2D eigenvalue weighted by atomic mass is 10.0. The van der Waals surface area contributed by atoms with Gasteiger partial charge in [-0.2, -0.15) is 26.3 Å². The summed E-state index contributed by atoms with van der Waals surface area (Å²) in [5.41, 5.74) is -2.91. The van der Waals surface area contributed by atoms with E-state index in [1.807, 2.05) is 0 Å². The van der Waals surface area contributed by atoms with E-state index in [2.05, 4.69) is 0 Å². The third-order valence-corrected chi connectivity index (χ3v) is 6.94. The maximum absolute atomic E-state index is 14.4. The first-order valence-electron chi connectivity index (χ1n) is 9.62. The fraction of sp³-hybridized carbons (Fsp3) is 0.182. The minimum atomic E-state index is -4.78. The smallest absolute Gasteiger partial charge is 0.416 e. The molecule has 4 nitrogen and oxygen atoms in total. The van der Waals surface area contributed by atoms with E-state index in [9.17, 15) is 39.2 Å². The maximum Gasteiger partial charge on any atom is 0.416 e. The van der Waals surface area contributed by atoms with Gasteiger partial charge >= 0.3 is 12.4 Å². The Hall–Kier alpha value is -3.28. The largest absolute Gasteiger partial charge is 0.489 e. The topological polar surface area (TPSA) is 46.6 Å². The number of benzene rings is 3. The van der Waals surface area contributed by atoms with Crippen LogP contribution < -0.4 is 9.04 Å². The van der Waals surface area contributed by atoms with Gasteiger partial charge < -0.3 is 4.74 Å². The van der Waals surface area contributed by atoms with Crippen molar-refractivity contribution in [3.63, 3.8) is 0 Å². The summed E-state index contributed by atoms with van der Waals surface area (Å²) in [7, 11) is -4.52. The SMILES string of the molecule is O=S(=O)(c1cccc(C(F)(F)F)c1)N1CCOc2ccc(-c3cc(C(F)(F)F)ccc3F)cc21. The summed E-state index contributed by atoms with van der Waals surface area (Å²) in [6.07, 6.45) is -9.51. The third-order valence-electron chi connectivity index (χ3n) is 5.13. The quantitative estimate of drug-likeness (QED) is 0.403. The molecular weight excluding hydrogens is 491 g/mol. The molecule has 0 bridgehead atoms. The van der Waals surface area contributed by atoms with Gasteiger partial charge in [0.1, 0.15) is 18.2 Å². The predicted molar refractivity (Wildman–Crippen MR) is 108 cm³/mol. The first-order chi connectivity index (χ1) is 15.8. The highest BCUT2D eigenvalue weighted by Crippen LogP contribution is 2.41. The van der Waals surface area contributed by atoms with Crippen LogP contribution >= 0.6 is 0 Å². The molecule has 0 radical (unpaired) electrons. The van der Waals surface area contributed by atoms with Crippen LogP contribution in [0.5, 0.6) is 5.75 Å². The number of fused-ring (bicyclic) bond motifs is 1. The second-order valence-electron chi connectivity index (χ2n) is 7.33. The molecule has 0 atom stereocenters. The van der Waals surface area contributed by atoms with Crippen LogP contribution in [-0.2, 0) is 22.4 Å². The van der Waals surface area contributed by atoms with Gasteiger partial charge in [0.05, 0.1) is 28.3 Å². The number of sulfonamides is 1. The van der Waals surface area contributed by atoms with Crippen molar-refractivity contribution in [3.05, 3.63) is 77.6 Å². The Bertz CT molecular complexity index is 1350. The van der Waals surface area contributed by atoms with E-state index >= 15 is 0 Å². The monoisotopic (exact) mass is 505 g/mol. The van der Waals surface area contributed by atoms with Crippen molar-refractivity contribution in [1.29, 1.82) is 0 Å². The highest BCUT2D eigenvalue weighted by Gasteiger charge is 2.35. The van der Waals surface area contributed by atoms with Crippen molar-refractivity contribution in [2.45, 2.75) is 17.2 Å². The highest BCUT2D eigenvalue weighted by molar-refractivity contribution is 7.92. The number of hydrogen-bond acceptors (Lipinski definition) is 3. The molecule has 0 saturated carbocycles. The maximum atomic E-state index is 14.4. The van der Waals surface area contributed by atoms with Gasteiger partial charge in [-0.1, -0.05) is 12.1 Å². The molecule has 4 rings (SSSR count). The van der Waals surface area contributed by atoms with Crippen molar-refractivity contribution < 1.29 is 43.9 Å². The average Bonchev–Trinajstić information content (AvgIpc) is 2.77. The molecule has 0 aromatic heterocycles. The van der Waals surface area contributed by atoms with E-state index < -0.39 is 49.8 Å². The van der Waals surface area contributed by atoms with Crippen LogP contribution in [0.15, 0.2) is 65.6 Å². The van der Waals surface area contributed by atoms with Gasteiger partial charge in [0.2, 0.25) is 0 Å². The van der Waals surface area contributed by atoms with E-state index in [1.54, 1.807) is 0 Å². The normalized spacial score (nSPS) is 14.5. The van der Waals surface area contributed by atoms with Gasteiger partial charge in [-0.15, -0.1) is 0 Å². The van der Waals surface area contributed by atoms with Gasteiger partial charge in [0, 0.05) is 5.56 Å². The molecule has 1 aliphatic heterocycles. The molecule has 1 aliphatic rings. The Labute approximate surface area is 189 Å². The van der Waals surface area contributed by atoms with Gasteiger partial charge in [0.25, 0.3) is 10.0 Å². The Balaban J connectivity index is 1.81. The molecule has 1 heterocycles. The van der Waals surface area contributed by atoms with Crippen molar-refractivity contribution >= 4 is 15.7 Å². The van der Waals surface area contributed by atoms with E-state index in [1.165, 1.54) is 12.1 Å². The summed E-state index contributed by atoms with van der Waals surface area (Å²) in [4.78, 5) is -0.633. The molecule has 3 aromatic rings. The molecule has 3 aromatic carbocycles. The summed E-state index contributed by atoms with van der Waals surface area (Å²) in [5.74, 6) is -0.949. The Kier molecular flexibility index (Phi) is 5.75. The second kappa shape index (κ2) is 8.19. The van der Waals surface area contributed by atoms with Crippen LogP contribution in [-0.4, -0.2) is 21.6 Å². The van der Waals surface area contributed by atoms with Crippen molar-refractivity contribution in [1.82, 2.24) is 0 Å². The summed E-state index contributed by atoms with van der Waals surface area (Å²) in [5, 5.41) is 0. The first kappa shape index (κ1) is 23.9. The van der Waals surface area contributed by atoms with Crippen LogP contribution in [0.4, 0.5) is 36.4 Å². The van der Waals surface area contributed by atoms with Crippen LogP contribution in [0.3, 0.4) is 0 Å². The zero-order chi connectivity index (χ0) is 24.9. The molecular formula is C22H14F7NO3S. The molecule has 0 saturated heterocycles. The Morgan fingerprint density at radius 1 is 0.824 bits per heavy atom. The Morgan fingerprint density at radius 3 is 2.18 bits per heavy atom. The number of alkyl halides is 6. The van der Waals surface area contributed by atoms with Crippen molar-refractivity contribution in [2.24, 2.45) is 0 Å². The first-order valence-corrected chi connectivity index (χ1v) is 11.1. The van der Waals surface area contributed by atoms with Crippen LogP contribution in [0, 0.1) is 5.82 Å². The van der Waals surface area contributed by atoms with Gasteiger partial charge in [-0.05, 0) is 54.1 Å². The lowest BCUT2D eigenvalue weighted by Gasteiger charge is -2.31. The number of halogens is 7. The number of nitrogens with zero attached hydrogens (tertiary/aromatic N) is 1. The summed E-state index contributed by atoms with van der Waals surface area (Å²) in [6, 6.07) is 8.61. The molecule has 12 heteroatoms. The molecule has 0 unspecified atom stereocenters. The lowest BCUT2D eigenvalue weighted by Crippen LogP contribution is -2.38. The predicted octanol–water partition coefficient (Wildman–Crippen LogP) is 6.12. The fourth-order valence-electron chi connectivity index (χ4n) is 3.49. The summed E-state index contributed by atoms with van der Waals surface area (Å²) < 4.78 is 126. The van der Waals surface area contributed by atoms with Gasteiger partial charge in [0.15, 0.2) is 0 Å². The zero-order valence-corrected chi connectivity index (χ0v) is 17.7. The molecule has 0 fully saturated rings. The van der Waals surface area contributed by atoms with Crippen LogP contribution in [0.2, 0.25) is 0 Å². The molecule has 0 amide bonds. The zero-order valence-electron chi connectivity index (χ0n) is 16.9. The fourth-order valence-corrected chi connectivity index (χ4v) is 4.99. The molecule has 180 valence electrons. The lowest BCUT2D eigenvalue weighted by molar-refractivity contribution is -0.138. The van der Waals surface area contributed by atoms with Gasteiger partial charge in [-0.25, -0.2) is 12.8 Å². The number of rotatable bonds is 3. The molecule has 0 aliphatic carbocycles. The third kappa shape index (κ3) is 4.41. The number of anilines is 1. The molecule has 0 spiro atoms. The van der Waals surface area contributed by atoms with E-state index in [0.29, 0.717) is 24.3 Å². The van der Waals surface area contributed by atoms with Gasteiger partial charge in [-0.3, -0.25) is 4.31 Å². The second-order valence-corrected chi connectivity index (χ2v) is 9.19. The van der Waals surface area contributed by atoms with Crippen LogP contribution in [0.1, 0.15) is 11.1 Å². The van der Waals surface area contributed by atoms with E-state index in [-0.39, 0.29) is 30.2 Å². The Morgan fingerprint density at radius 2 is 1.50 bits per heavy atom. The molecule has 34 heavy (non-hydrogen) atoms. The van der Waals surface area contributed by atoms with E-state index in [4.69, 9.17) is 4.74 Å². The van der Waals surface area contributed by atoms with Crippen molar-refractivity contribution in [2.75, 3.05) is 17.5 Å². The minimum Gasteiger partial charge on any atom is -0.489 e.